The van der Waals surface area contributed by atoms with E-state index in [2.05, 4.69) is 5.32 Å². The van der Waals surface area contributed by atoms with Crippen LogP contribution in [0.1, 0.15) is 27.5 Å². The number of hydrogen-bond acceptors (Lipinski definition) is 3. The van der Waals surface area contributed by atoms with Crippen LogP contribution >= 0.6 is 0 Å². The summed E-state index contributed by atoms with van der Waals surface area (Å²) < 4.78 is 18.2. The van der Waals surface area contributed by atoms with Crippen molar-refractivity contribution >= 4 is 12.1 Å². The van der Waals surface area contributed by atoms with Crippen molar-refractivity contribution in [2.45, 2.75) is 12.6 Å². The first-order valence-corrected chi connectivity index (χ1v) is 6.96. The fraction of sp³-hybridized carbons (Fsp3) is 0.176. The van der Waals surface area contributed by atoms with Crippen LogP contribution in [0.25, 0.3) is 0 Å². The van der Waals surface area contributed by atoms with Crippen LogP contribution in [-0.2, 0) is 11.3 Å². The lowest BCUT2D eigenvalue weighted by Crippen LogP contribution is -2.30. The molecule has 23 heavy (non-hydrogen) atoms. The van der Waals surface area contributed by atoms with Gasteiger partial charge >= 0.3 is 12.1 Å². The lowest BCUT2D eigenvalue weighted by molar-refractivity contribution is 0.0696. The first-order valence-electron chi connectivity index (χ1n) is 6.96. The van der Waals surface area contributed by atoms with Gasteiger partial charge in [0.05, 0.1) is 11.6 Å². The van der Waals surface area contributed by atoms with Gasteiger partial charge in [-0.2, -0.15) is 0 Å². The lowest BCUT2D eigenvalue weighted by atomic mass is 10.1. The van der Waals surface area contributed by atoms with Crippen LogP contribution in [-0.4, -0.2) is 23.8 Å². The van der Waals surface area contributed by atoms with E-state index in [0.717, 1.165) is 5.56 Å². The highest BCUT2D eigenvalue weighted by atomic mass is 19.1. The van der Waals surface area contributed by atoms with Crippen LogP contribution in [0.15, 0.2) is 54.6 Å². The maximum atomic E-state index is 13.1. The second-order valence-electron chi connectivity index (χ2n) is 4.84. The first-order chi connectivity index (χ1) is 11.1. The number of alkyl carbamates (subject to hydrolysis) is 1. The molecule has 0 aliphatic rings. The van der Waals surface area contributed by atoms with Gasteiger partial charge in [-0.25, -0.2) is 14.0 Å². The molecule has 2 aromatic rings. The summed E-state index contributed by atoms with van der Waals surface area (Å²) in [6.07, 6.45) is -0.737. The normalized spacial score (nSPS) is 11.5. The molecule has 0 saturated carbocycles. The molecule has 2 rings (SSSR count). The van der Waals surface area contributed by atoms with Crippen molar-refractivity contribution < 1.29 is 23.8 Å². The van der Waals surface area contributed by atoms with Gasteiger partial charge in [-0.05, 0) is 23.3 Å². The molecule has 5 nitrogen and oxygen atoms in total. The number of amides is 1. The van der Waals surface area contributed by atoms with Gasteiger partial charge in [0.15, 0.2) is 0 Å². The molecular weight excluding hydrogens is 301 g/mol. The Labute approximate surface area is 132 Å². The number of alkyl halides is 1. The van der Waals surface area contributed by atoms with Crippen LogP contribution in [0.3, 0.4) is 0 Å². The molecule has 2 N–H and O–H groups in total. The predicted octanol–water partition coefficient (Wildman–Crippen LogP) is 3.32. The van der Waals surface area contributed by atoms with Crippen LogP contribution in [0.5, 0.6) is 0 Å². The molecule has 0 fully saturated rings. The quantitative estimate of drug-likeness (QED) is 0.857. The Morgan fingerprint density at radius 3 is 2.30 bits per heavy atom. The Morgan fingerprint density at radius 2 is 1.74 bits per heavy atom. The van der Waals surface area contributed by atoms with Gasteiger partial charge in [-0.1, -0.05) is 42.5 Å². The fourth-order valence-corrected chi connectivity index (χ4v) is 1.98. The number of carbonyl (C=O) groups is 2. The van der Waals surface area contributed by atoms with Crippen LogP contribution in [0.2, 0.25) is 0 Å². The summed E-state index contributed by atoms with van der Waals surface area (Å²) >= 11 is 0. The summed E-state index contributed by atoms with van der Waals surface area (Å²) in [4.78, 5) is 22.5. The molecule has 0 aliphatic heterocycles. The maximum absolute atomic E-state index is 13.1. The van der Waals surface area contributed by atoms with Crippen molar-refractivity contribution in [3.63, 3.8) is 0 Å². The number of hydrogen-bond donors (Lipinski definition) is 2. The number of halogens is 1. The smallest absolute Gasteiger partial charge is 0.408 e. The van der Waals surface area contributed by atoms with Gasteiger partial charge in [0, 0.05) is 0 Å². The molecule has 0 bridgehead atoms. The third-order valence-corrected chi connectivity index (χ3v) is 3.22. The van der Waals surface area contributed by atoms with Crippen LogP contribution < -0.4 is 5.32 Å². The molecule has 0 aromatic heterocycles. The molecule has 6 heteroatoms. The molecule has 2 aromatic carbocycles. The van der Waals surface area contributed by atoms with E-state index in [1.54, 1.807) is 0 Å². The molecule has 0 saturated heterocycles. The van der Waals surface area contributed by atoms with Crippen molar-refractivity contribution in [2.24, 2.45) is 0 Å². The van der Waals surface area contributed by atoms with E-state index in [0.29, 0.717) is 5.56 Å². The third-order valence-electron chi connectivity index (χ3n) is 3.22. The number of aromatic carboxylic acids is 1. The summed E-state index contributed by atoms with van der Waals surface area (Å²) in [6, 6.07) is 13.9. The molecule has 120 valence electrons. The van der Waals surface area contributed by atoms with Crippen LogP contribution in [0.4, 0.5) is 9.18 Å². The number of nitrogens with one attached hydrogen (secondary N) is 1. The molecule has 1 amide bonds. The number of carboxylic acid groups (broad SMARTS) is 1. The van der Waals surface area contributed by atoms with Gasteiger partial charge in [0.2, 0.25) is 0 Å². The monoisotopic (exact) mass is 317 g/mol. The maximum Gasteiger partial charge on any atom is 0.408 e. The molecule has 0 radical (unpaired) electrons. The number of rotatable bonds is 6. The molecule has 0 heterocycles. The van der Waals surface area contributed by atoms with Gasteiger partial charge in [-0.15, -0.1) is 0 Å². The van der Waals surface area contributed by atoms with Crippen molar-refractivity contribution in [1.82, 2.24) is 5.32 Å². The Morgan fingerprint density at radius 1 is 1.09 bits per heavy atom. The van der Waals surface area contributed by atoms with E-state index in [4.69, 9.17) is 9.84 Å². The molecule has 1 unspecified atom stereocenters. The Kier molecular flexibility index (Phi) is 5.68. The average molecular weight is 317 g/mol. The number of carboxylic acids is 1. The second kappa shape index (κ2) is 7.93. The van der Waals surface area contributed by atoms with E-state index >= 15 is 0 Å². The number of ether oxygens (including phenoxy) is 1. The summed E-state index contributed by atoms with van der Waals surface area (Å²) in [5, 5.41) is 11.2. The summed E-state index contributed by atoms with van der Waals surface area (Å²) in [5.74, 6) is -1.07. The summed E-state index contributed by atoms with van der Waals surface area (Å²) in [6.45, 7) is -0.740. The third kappa shape index (κ3) is 4.81. The van der Waals surface area contributed by atoms with E-state index in [9.17, 15) is 14.0 Å². The van der Waals surface area contributed by atoms with Gasteiger partial charge < -0.3 is 15.2 Å². The van der Waals surface area contributed by atoms with E-state index in [1.165, 1.54) is 24.3 Å². The molecule has 0 spiro atoms. The largest absolute Gasteiger partial charge is 0.478 e. The topological polar surface area (TPSA) is 75.6 Å². The standard InChI is InChI=1S/C17H16FNO4/c18-10-15(13-6-8-14(9-7-13)16(20)21)19-17(22)23-11-12-4-2-1-3-5-12/h1-9,15H,10-11H2,(H,19,22)(H,20,21). The van der Waals surface area contributed by atoms with Crippen molar-refractivity contribution in [3.8, 4) is 0 Å². The minimum atomic E-state index is -1.07. The number of benzene rings is 2. The zero-order valence-electron chi connectivity index (χ0n) is 12.2. The van der Waals surface area contributed by atoms with Gasteiger partial charge in [0.25, 0.3) is 0 Å². The predicted molar refractivity (Wildman–Crippen MR) is 81.9 cm³/mol. The van der Waals surface area contributed by atoms with Crippen molar-refractivity contribution in [2.75, 3.05) is 6.67 Å². The Bertz CT molecular complexity index is 658. The highest BCUT2D eigenvalue weighted by Gasteiger charge is 2.16. The van der Waals surface area contributed by atoms with Gasteiger partial charge in [-0.3, -0.25) is 0 Å². The SMILES string of the molecule is O=C(NC(CF)c1ccc(C(=O)O)cc1)OCc1ccccc1. The zero-order chi connectivity index (χ0) is 16.7. The summed E-state index contributed by atoms with van der Waals surface area (Å²) in [7, 11) is 0. The summed E-state index contributed by atoms with van der Waals surface area (Å²) in [5.41, 5.74) is 1.39. The molecular formula is C17H16FNO4. The average Bonchev–Trinajstić information content (AvgIpc) is 2.59. The highest BCUT2D eigenvalue weighted by molar-refractivity contribution is 5.87. The molecule has 1 atom stereocenters. The Hall–Kier alpha value is -2.89. The van der Waals surface area contributed by atoms with E-state index in [1.807, 2.05) is 30.3 Å². The minimum absolute atomic E-state index is 0.0869. The lowest BCUT2D eigenvalue weighted by Gasteiger charge is -2.16. The second-order valence-corrected chi connectivity index (χ2v) is 4.84. The first kappa shape index (κ1) is 16.5. The van der Waals surface area contributed by atoms with Crippen LogP contribution in [0, 0.1) is 0 Å². The zero-order valence-corrected chi connectivity index (χ0v) is 12.2. The van der Waals surface area contributed by atoms with Crippen molar-refractivity contribution in [3.05, 3.63) is 71.3 Å². The van der Waals surface area contributed by atoms with Crippen molar-refractivity contribution in [1.29, 1.82) is 0 Å². The van der Waals surface area contributed by atoms with E-state index < -0.39 is 24.8 Å². The fourth-order valence-electron chi connectivity index (χ4n) is 1.98. The van der Waals surface area contributed by atoms with Gasteiger partial charge in [0.1, 0.15) is 13.3 Å². The number of carbonyl (C=O) groups excluding carboxylic acids is 1. The molecule has 0 aliphatic carbocycles. The Balaban J connectivity index is 1.93. The highest BCUT2D eigenvalue weighted by Crippen LogP contribution is 2.15. The van der Waals surface area contributed by atoms with E-state index in [-0.39, 0.29) is 12.2 Å². The minimum Gasteiger partial charge on any atom is -0.478 e.